The number of halogens is 1. The van der Waals surface area contributed by atoms with E-state index >= 15 is 0 Å². The summed E-state index contributed by atoms with van der Waals surface area (Å²) in [5.41, 5.74) is 1.41. The average Bonchev–Trinajstić information content (AvgIpc) is 3.13. The molecule has 2 atom stereocenters. The molecule has 0 bridgehead atoms. The fraction of sp³-hybridized carbons (Fsp3) is 0.529. The highest BCUT2D eigenvalue weighted by Crippen LogP contribution is 2.49. The van der Waals surface area contributed by atoms with Crippen LogP contribution in [0, 0.1) is 11.3 Å². The van der Waals surface area contributed by atoms with Crippen molar-refractivity contribution in [3.63, 3.8) is 0 Å². The fourth-order valence-electron chi connectivity index (χ4n) is 4.42. The first kappa shape index (κ1) is 15.0. The molecule has 0 radical (unpaired) electrons. The average molecular weight is 334 g/mol. The van der Waals surface area contributed by atoms with Gasteiger partial charge in [0.25, 0.3) is 0 Å². The number of benzene rings is 1. The topological polar surface area (TPSA) is 58.4 Å². The second-order valence-corrected chi connectivity index (χ2v) is 7.38. The molecule has 0 unspecified atom stereocenters. The third kappa shape index (κ3) is 2.25. The highest BCUT2D eigenvalue weighted by molar-refractivity contribution is 6.31. The van der Waals surface area contributed by atoms with Crippen LogP contribution in [0.5, 0.6) is 0 Å². The van der Waals surface area contributed by atoms with Gasteiger partial charge in [0.1, 0.15) is 5.82 Å². The van der Waals surface area contributed by atoms with E-state index in [-0.39, 0.29) is 5.92 Å². The number of fused-ring (bicyclic) bond motifs is 2. The van der Waals surface area contributed by atoms with E-state index in [4.69, 9.17) is 16.6 Å². The molecule has 1 N–H and O–H groups in total. The van der Waals surface area contributed by atoms with Crippen LogP contribution in [0.2, 0.25) is 5.02 Å². The number of hydrogen-bond donors (Lipinski definition) is 1. The van der Waals surface area contributed by atoms with Gasteiger partial charge < -0.3 is 9.67 Å². The number of aromatic nitrogens is 2. The van der Waals surface area contributed by atoms with Crippen molar-refractivity contribution in [2.24, 2.45) is 18.4 Å². The maximum atomic E-state index is 11.8. The lowest BCUT2D eigenvalue weighted by molar-refractivity contribution is -0.149. The molecular weight excluding hydrogens is 314 g/mol. The summed E-state index contributed by atoms with van der Waals surface area (Å²) < 4.78 is 2.06. The Morgan fingerprint density at radius 3 is 3.09 bits per heavy atom. The Balaban J connectivity index is 1.60. The summed E-state index contributed by atoms with van der Waals surface area (Å²) in [6, 6.07) is 5.70. The lowest BCUT2D eigenvalue weighted by Crippen LogP contribution is -2.35. The molecule has 2 fully saturated rings. The smallest absolute Gasteiger partial charge is 0.311 e. The summed E-state index contributed by atoms with van der Waals surface area (Å²) in [7, 11) is 1.99. The van der Waals surface area contributed by atoms with Crippen LogP contribution in [0.3, 0.4) is 0 Å². The van der Waals surface area contributed by atoms with E-state index in [1.54, 1.807) is 0 Å². The molecule has 2 aliphatic rings. The molecule has 1 aliphatic carbocycles. The molecular formula is C17H20ClN3O2. The van der Waals surface area contributed by atoms with Crippen LogP contribution in [-0.4, -0.2) is 38.6 Å². The van der Waals surface area contributed by atoms with Gasteiger partial charge in [-0.05, 0) is 37.0 Å². The van der Waals surface area contributed by atoms with Gasteiger partial charge >= 0.3 is 5.97 Å². The van der Waals surface area contributed by atoms with Crippen molar-refractivity contribution in [1.29, 1.82) is 0 Å². The van der Waals surface area contributed by atoms with E-state index in [1.165, 1.54) is 0 Å². The number of nitrogens with zero attached hydrogens (tertiary/aromatic N) is 3. The molecule has 5 nitrogen and oxygen atoms in total. The number of aryl methyl sites for hydroxylation is 1. The number of imidazole rings is 1. The zero-order chi connectivity index (χ0) is 16.2. The summed E-state index contributed by atoms with van der Waals surface area (Å²) in [5.74, 6) is 0.617. The monoisotopic (exact) mass is 333 g/mol. The number of carboxylic acid groups (broad SMARTS) is 1. The maximum Gasteiger partial charge on any atom is 0.311 e. The van der Waals surface area contributed by atoms with Crippen molar-refractivity contribution >= 4 is 28.6 Å². The Kier molecular flexibility index (Phi) is 3.39. The standard InChI is InChI=1S/C17H20ClN3O2/c1-20-14-7-12(18)4-5-13(14)19-15(20)9-21-8-11-3-2-6-17(11,10-21)16(22)23/h4-5,7,11H,2-3,6,8-10H2,1H3,(H,22,23)/t11-,17+/m0/s1. The zero-order valence-corrected chi connectivity index (χ0v) is 13.9. The molecule has 2 aromatic rings. The van der Waals surface area contributed by atoms with Crippen LogP contribution in [0.4, 0.5) is 0 Å². The minimum Gasteiger partial charge on any atom is -0.481 e. The van der Waals surface area contributed by atoms with Gasteiger partial charge in [-0.2, -0.15) is 0 Å². The van der Waals surface area contributed by atoms with Gasteiger partial charge in [0.2, 0.25) is 0 Å². The van der Waals surface area contributed by atoms with Gasteiger partial charge in [-0.1, -0.05) is 18.0 Å². The Labute approximate surface area is 139 Å². The van der Waals surface area contributed by atoms with Gasteiger partial charge in [-0.3, -0.25) is 9.69 Å². The summed E-state index contributed by atoms with van der Waals surface area (Å²) in [6.07, 6.45) is 2.87. The Bertz CT molecular complexity index is 787. The summed E-state index contributed by atoms with van der Waals surface area (Å²) in [4.78, 5) is 18.7. The molecule has 1 aromatic carbocycles. The molecule has 6 heteroatoms. The van der Waals surface area contributed by atoms with Crippen LogP contribution >= 0.6 is 11.6 Å². The second-order valence-electron chi connectivity index (χ2n) is 6.94. The lowest BCUT2D eigenvalue weighted by atomic mass is 9.81. The first-order chi connectivity index (χ1) is 11.0. The quantitative estimate of drug-likeness (QED) is 0.938. The molecule has 1 aromatic heterocycles. The predicted octanol–water partition coefficient (Wildman–Crippen LogP) is 2.91. The zero-order valence-electron chi connectivity index (χ0n) is 13.1. The van der Waals surface area contributed by atoms with Gasteiger partial charge in [0, 0.05) is 25.2 Å². The number of carboxylic acids is 1. The molecule has 23 heavy (non-hydrogen) atoms. The van der Waals surface area contributed by atoms with Crippen LogP contribution in [-0.2, 0) is 18.4 Å². The van der Waals surface area contributed by atoms with Crippen molar-refractivity contribution < 1.29 is 9.90 Å². The number of aliphatic carboxylic acids is 1. The van der Waals surface area contributed by atoms with E-state index in [0.29, 0.717) is 18.1 Å². The first-order valence-corrected chi connectivity index (χ1v) is 8.44. The number of carbonyl (C=O) groups is 1. The van der Waals surface area contributed by atoms with E-state index in [2.05, 4.69) is 9.47 Å². The number of rotatable bonds is 3. The summed E-state index contributed by atoms with van der Waals surface area (Å²) in [5, 5.41) is 10.4. The van der Waals surface area contributed by atoms with Crippen molar-refractivity contribution in [2.75, 3.05) is 13.1 Å². The van der Waals surface area contributed by atoms with Crippen molar-refractivity contribution in [3.05, 3.63) is 29.0 Å². The van der Waals surface area contributed by atoms with Crippen LogP contribution in [0.25, 0.3) is 11.0 Å². The number of likely N-dealkylation sites (tertiary alicyclic amines) is 1. The van der Waals surface area contributed by atoms with E-state index in [9.17, 15) is 9.90 Å². The third-order valence-electron chi connectivity index (χ3n) is 5.67. The Morgan fingerprint density at radius 2 is 2.35 bits per heavy atom. The van der Waals surface area contributed by atoms with Crippen molar-refractivity contribution in [1.82, 2.24) is 14.5 Å². The molecule has 1 saturated carbocycles. The maximum absolute atomic E-state index is 11.8. The molecule has 4 rings (SSSR count). The van der Waals surface area contributed by atoms with Gasteiger partial charge in [0.15, 0.2) is 0 Å². The first-order valence-electron chi connectivity index (χ1n) is 8.06. The normalized spacial score (nSPS) is 27.7. The molecule has 0 amide bonds. The van der Waals surface area contributed by atoms with Gasteiger partial charge in [-0.25, -0.2) is 4.98 Å². The van der Waals surface area contributed by atoms with Gasteiger partial charge in [-0.15, -0.1) is 0 Å². The third-order valence-corrected chi connectivity index (χ3v) is 5.90. The van der Waals surface area contributed by atoms with Crippen LogP contribution in [0.15, 0.2) is 18.2 Å². The minimum absolute atomic E-state index is 0.282. The summed E-state index contributed by atoms with van der Waals surface area (Å²) in [6.45, 7) is 2.18. The lowest BCUT2D eigenvalue weighted by Gasteiger charge is -2.23. The van der Waals surface area contributed by atoms with Crippen molar-refractivity contribution in [2.45, 2.75) is 25.8 Å². The van der Waals surface area contributed by atoms with Crippen LogP contribution in [0.1, 0.15) is 25.1 Å². The molecule has 1 aliphatic heterocycles. The van der Waals surface area contributed by atoms with Crippen LogP contribution < -0.4 is 0 Å². The largest absolute Gasteiger partial charge is 0.481 e. The molecule has 122 valence electrons. The second kappa shape index (κ2) is 5.21. The summed E-state index contributed by atoms with van der Waals surface area (Å²) >= 11 is 6.07. The predicted molar refractivity (Wildman–Crippen MR) is 88.4 cm³/mol. The Hall–Kier alpha value is -1.59. The van der Waals surface area contributed by atoms with Gasteiger partial charge in [0.05, 0.1) is 23.0 Å². The fourth-order valence-corrected chi connectivity index (χ4v) is 4.58. The molecule has 0 spiro atoms. The minimum atomic E-state index is -0.626. The van der Waals surface area contributed by atoms with E-state index < -0.39 is 11.4 Å². The molecule has 2 heterocycles. The number of hydrogen-bond acceptors (Lipinski definition) is 3. The Morgan fingerprint density at radius 1 is 1.52 bits per heavy atom. The highest BCUT2D eigenvalue weighted by Gasteiger charge is 2.54. The molecule has 1 saturated heterocycles. The van der Waals surface area contributed by atoms with E-state index in [0.717, 1.165) is 42.7 Å². The van der Waals surface area contributed by atoms with E-state index in [1.807, 2.05) is 25.2 Å². The SMILES string of the molecule is Cn1c(CN2C[C@@H]3CCC[C@@]3(C(=O)O)C2)nc2ccc(Cl)cc21. The highest BCUT2D eigenvalue weighted by atomic mass is 35.5. The van der Waals surface area contributed by atoms with Crippen molar-refractivity contribution in [3.8, 4) is 0 Å².